The maximum atomic E-state index is 11.8. The Bertz CT molecular complexity index is 577. The maximum absolute atomic E-state index is 11.8. The largest absolute Gasteiger partial charge is 0.461 e. The molecule has 2 rings (SSSR count). The van der Waals surface area contributed by atoms with E-state index in [-0.39, 0.29) is 12.5 Å². The SMILES string of the molecule is CC(C)CCOC(C)C(=O)OCc1nc(-c2ccco2)no1. The van der Waals surface area contributed by atoms with Crippen LogP contribution in [0.15, 0.2) is 27.3 Å². The molecule has 0 aromatic carbocycles. The van der Waals surface area contributed by atoms with Gasteiger partial charge in [-0.25, -0.2) is 4.79 Å². The monoisotopic (exact) mass is 308 g/mol. The van der Waals surface area contributed by atoms with Gasteiger partial charge in [-0.2, -0.15) is 4.98 Å². The molecule has 0 saturated carbocycles. The number of carbonyl (C=O) groups is 1. The van der Waals surface area contributed by atoms with E-state index < -0.39 is 12.1 Å². The van der Waals surface area contributed by atoms with Crippen LogP contribution in [0.2, 0.25) is 0 Å². The van der Waals surface area contributed by atoms with E-state index >= 15 is 0 Å². The van der Waals surface area contributed by atoms with Crippen LogP contribution in [0, 0.1) is 5.92 Å². The summed E-state index contributed by atoms with van der Waals surface area (Å²) in [7, 11) is 0. The highest BCUT2D eigenvalue weighted by Crippen LogP contribution is 2.16. The number of hydrogen-bond donors (Lipinski definition) is 0. The quantitative estimate of drug-likeness (QED) is 0.693. The van der Waals surface area contributed by atoms with Crippen LogP contribution in [0.5, 0.6) is 0 Å². The third-order valence-electron chi connectivity index (χ3n) is 2.94. The van der Waals surface area contributed by atoms with E-state index in [1.807, 2.05) is 0 Å². The van der Waals surface area contributed by atoms with Gasteiger partial charge in [-0.3, -0.25) is 0 Å². The number of aromatic nitrogens is 2. The summed E-state index contributed by atoms with van der Waals surface area (Å²) in [6.45, 7) is 6.28. The minimum absolute atomic E-state index is 0.0928. The summed E-state index contributed by atoms with van der Waals surface area (Å²) >= 11 is 0. The molecule has 0 saturated heterocycles. The molecule has 0 N–H and O–H groups in total. The average molecular weight is 308 g/mol. The van der Waals surface area contributed by atoms with Crippen molar-refractivity contribution in [3.63, 3.8) is 0 Å². The first kappa shape index (κ1) is 16.2. The zero-order valence-electron chi connectivity index (χ0n) is 12.9. The minimum atomic E-state index is -0.619. The second-order valence-corrected chi connectivity index (χ2v) is 5.29. The first-order valence-corrected chi connectivity index (χ1v) is 7.21. The normalized spacial score (nSPS) is 12.5. The molecule has 2 heterocycles. The van der Waals surface area contributed by atoms with Crippen molar-refractivity contribution < 1.29 is 23.2 Å². The second kappa shape index (κ2) is 7.74. The van der Waals surface area contributed by atoms with E-state index in [0.717, 1.165) is 6.42 Å². The molecule has 0 spiro atoms. The van der Waals surface area contributed by atoms with Gasteiger partial charge in [0.15, 0.2) is 18.5 Å². The number of furan rings is 1. The molecule has 120 valence electrons. The number of carbonyl (C=O) groups excluding carboxylic acids is 1. The van der Waals surface area contributed by atoms with E-state index in [0.29, 0.717) is 24.1 Å². The van der Waals surface area contributed by atoms with Crippen molar-refractivity contribution in [2.45, 2.75) is 39.9 Å². The van der Waals surface area contributed by atoms with Gasteiger partial charge >= 0.3 is 5.97 Å². The Kier molecular flexibility index (Phi) is 5.71. The molecule has 0 fully saturated rings. The summed E-state index contributed by atoms with van der Waals surface area (Å²) < 4.78 is 20.6. The lowest BCUT2D eigenvalue weighted by Gasteiger charge is -2.12. The van der Waals surface area contributed by atoms with Gasteiger partial charge in [0.05, 0.1) is 6.26 Å². The smallest absolute Gasteiger partial charge is 0.335 e. The van der Waals surface area contributed by atoms with E-state index in [9.17, 15) is 4.79 Å². The van der Waals surface area contributed by atoms with Crippen molar-refractivity contribution >= 4 is 5.97 Å². The lowest BCUT2D eigenvalue weighted by molar-refractivity contribution is -0.158. The first-order chi connectivity index (χ1) is 10.6. The van der Waals surface area contributed by atoms with Crippen molar-refractivity contribution in [3.8, 4) is 11.6 Å². The Hall–Kier alpha value is -2.15. The van der Waals surface area contributed by atoms with Crippen LogP contribution in [0.4, 0.5) is 0 Å². The van der Waals surface area contributed by atoms with Crippen molar-refractivity contribution in [2.24, 2.45) is 5.92 Å². The Balaban J connectivity index is 1.76. The standard InChI is InChI=1S/C15H20N2O5/c1-10(2)6-8-19-11(3)15(18)21-9-13-16-14(17-22-13)12-5-4-7-20-12/h4-5,7,10-11H,6,8-9H2,1-3H3. The number of nitrogens with zero attached hydrogens (tertiary/aromatic N) is 2. The second-order valence-electron chi connectivity index (χ2n) is 5.29. The predicted molar refractivity (Wildman–Crippen MR) is 76.7 cm³/mol. The maximum Gasteiger partial charge on any atom is 0.335 e. The fourth-order valence-electron chi connectivity index (χ4n) is 1.62. The summed E-state index contributed by atoms with van der Waals surface area (Å²) in [5, 5.41) is 3.75. The van der Waals surface area contributed by atoms with Crippen molar-refractivity contribution in [1.29, 1.82) is 0 Å². The first-order valence-electron chi connectivity index (χ1n) is 7.21. The molecular formula is C15H20N2O5. The Morgan fingerprint density at radius 1 is 1.36 bits per heavy atom. The van der Waals surface area contributed by atoms with Crippen LogP contribution in [-0.2, 0) is 20.9 Å². The molecular weight excluding hydrogens is 288 g/mol. The minimum Gasteiger partial charge on any atom is -0.461 e. The van der Waals surface area contributed by atoms with Gasteiger partial charge in [-0.05, 0) is 31.4 Å². The van der Waals surface area contributed by atoms with Crippen LogP contribution < -0.4 is 0 Å². The van der Waals surface area contributed by atoms with Crippen LogP contribution in [0.1, 0.15) is 33.1 Å². The van der Waals surface area contributed by atoms with Gasteiger partial charge in [-0.15, -0.1) is 0 Å². The summed E-state index contributed by atoms with van der Waals surface area (Å²) in [5.74, 6) is 1.08. The van der Waals surface area contributed by atoms with Crippen molar-refractivity contribution in [1.82, 2.24) is 10.1 Å². The summed E-state index contributed by atoms with van der Waals surface area (Å²) in [6, 6.07) is 3.44. The van der Waals surface area contributed by atoms with Gasteiger partial charge in [0.1, 0.15) is 0 Å². The number of ether oxygens (including phenoxy) is 2. The Labute approximate surface area is 128 Å². The lowest BCUT2D eigenvalue weighted by atomic mass is 10.1. The summed E-state index contributed by atoms with van der Waals surface area (Å²) in [5.41, 5.74) is 0. The third-order valence-corrected chi connectivity index (χ3v) is 2.94. The highest BCUT2D eigenvalue weighted by Gasteiger charge is 2.17. The highest BCUT2D eigenvalue weighted by molar-refractivity contribution is 5.74. The molecule has 0 aliphatic rings. The average Bonchev–Trinajstić information content (AvgIpc) is 3.14. The van der Waals surface area contributed by atoms with E-state index in [4.69, 9.17) is 18.4 Å². The van der Waals surface area contributed by atoms with Gasteiger partial charge in [0.25, 0.3) is 5.89 Å². The van der Waals surface area contributed by atoms with E-state index in [1.54, 1.807) is 19.1 Å². The van der Waals surface area contributed by atoms with Crippen LogP contribution in [-0.4, -0.2) is 28.8 Å². The molecule has 0 radical (unpaired) electrons. The Morgan fingerprint density at radius 2 is 2.18 bits per heavy atom. The molecule has 0 amide bonds. The highest BCUT2D eigenvalue weighted by atomic mass is 16.6. The van der Waals surface area contributed by atoms with Gasteiger partial charge in [0.2, 0.25) is 5.82 Å². The number of esters is 1. The predicted octanol–water partition coefficient (Wildman–Crippen LogP) is 2.82. The van der Waals surface area contributed by atoms with Crippen molar-refractivity contribution in [2.75, 3.05) is 6.61 Å². The van der Waals surface area contributed by atoms with Crippen LogP contribution >= 0.6 is 0 Å². The van der Waals surface area contributed by atoms with E-state index in [2.05, 4.69) is 24.0 Å². The number of rotatable bonds is 8. The summed E-state index contributed by atoms with van der Waals surface area (Å²) in [4.78, 5) is 15.9. The molecule has 0 bridgehead atoms. The van der Waals surface area contributed by atoms with Gasteiger partial charge < -0.3 is 18.4 Å². The molecule has 0 aliphatic carbocycles. The molecule has 2 aromatic heterocycles. The fourth-order valence-corrected chi connectivity index (χ4v) is 1.62. The van der Waals surface area contributed by atoms with Crippen LogP contribution in [0.3, 0.4) is 0 Å². The Morgan fingerprint density at radius 3 is 2.86 bits per heavy atom. The molecule has 2 aromatic rings. The van der Waals surface area contributed by atoms with Crippen LogP contribution in [0.25, 0.3) is 11.6 Å². The summed E-state index contributed by atoms with van der Waals surface area (Å²) in [6.07, 6.45) is 1.79. The van der Waals surface area contributed by atoms with Gasteiger partial charge in [-0.1, -0.05) is 19.0 Å². The lowest BCUT2D eigenvalue weighted by Crippen LogP contribution is -2.24. The zero-order valence-corrected chi connectivity index (χ0v) is 12.9. The van der Waals surface area contributed by atoms with Crippen molar-refractivity contribution in [3.05, 3.63) is 24.3 Å². The molecule has 1 unspecified atom stereocenters. The molecule has 1 atom stereocenters. The third kappa shape index (κ3) is 4.70. The molecule has 7 nitrogen and oxygen atoms in total. The van der Waals surface area contributed by atoms with Gasteiger partial charge in [0, 0.05) is 6.61 Å². The zero-order chi connectivity index (χ0) is 15.9. The van der Waals surface area contributed by atoms with E-state index in [1.165, 1.54) is 6.26 Å². The molecule has 0 aliphatic heterocycles. The number of hydrogen-bond acceptors (Lipinski definition) is 7. The fraction of sp³-hybridized carbons (Fsp3) is 0.533. The topological polar surface area (TPSA) is 87.6 Å². The molecule has 7 heteroatoms. The molecule has 22 heavy (non-hydrogen) atoms.